The van der Waals surface area contributed by atoms with Crippen LogP contribution in [0.15, 0.2) is 12.1 Å². The number of phenols is 1. The zero-order valence-corrected chi connectivity index (χ0v) is 12.0. The smallest absolute Gasteiger partial charge is 0.342 e. The van der Waals surface area contributed by atoms with E-state index in [2.05, 4.69) is 4.74 Å². The summed E-state index contributed by atoms with van der Waals surface area (Å²) in [5.74, 6) is -0.814. The molecule has 108 valence electrons. The number of halogens is 2. The standard InChI is InChI=1S/C13H18FNO3.ClH/c1-4-18-13(17)10(14)11(15)9-5-7(2)12(16)8(3)6-9;/h5-6,10-11,16H,4,15H2,1-3H3;1H/t10?,11-;/m0./s1. The van der Waals surface area contributed by atoms with E-state index in [0.29, 0.717) is 16.7 Å². The van der Waals surface area contributed by atoms with Gasteiger partial charge in [0, 0.05) is 0 Å². The fraction of sp³-hybridized carbons (Fsp3) is 0.462. The number of hydrogen-bond acceptors (Lipinski definition) is 4. The summed E-state index contributed by atoms with van der Waals surface area (Å²) in [5.41, 5.74) is 7.35. The first-order valence-corrected chi connectivity index (χ1v) is 5.74. The van der Waals surface area contributed by atoms with Crippen molar-refractivity contribution in [1.29, 1.82) is 0 Å². The average Bonchev–Trinajstić information content (AvgIpc) is 2.33. The van der Waals surface area contributed by atoms with E-state index in [1.807, 2.05) is 0 Å². The molecule has 0 bridgehead atoms. The zero-order valence-electron chi connectivity index (χ0n) is 11.1. The first-order valence-electron chi connectivity index (χ1n) is 5.74. The number of benzene rings is 1. The fourth-order valence-electron chi connectivity index (χ4n) is 1.72. The molecule has 6 heteroatoms. The van der Waals surface area contributed by atoms with Crippen LogP contribution < -0.4 is 5.73 Å². The van der Waals surface area contributed by atoms with Gasteiger partial charge in [0.15, 0.2) is 0 Å². The molecule has 2 atom stereocenters. The Balaban J connectivity index is 0.00000324. The summed E-state index contributed by atoms with van der Waals surface area (Å²) in [4.78, 5) is 11.3. The molecule has 0 heterocycles. The molecule has 0 radical (unpaired) electrons. The van der Waals surface area contributed by atoms with Crippen LogP contribution in [0.1, 0.15) is 29.7 Å². The number of hydrogen-bond donors (Lipinski definition) is 2. The summed E-state index contributed by atoms with van der Waals surface area (Å²) in [6.07, 6.45) is -1.91. The van der Waals surface area contributed by atoms with Gasteiger partial charge < -0.3 is 15.6 Å². The van der Waals surface area contributed by atoms with Crippen LogP contribution in [-0.4, -0.2) is 23.9 Å². The highest BCUT2D eigenvalue weighted by Crippen LogP contribution is 2.27. The lowest BCUT2D eigenvalue weighted by Gasteiger charge is -2.17. The van der Waals surface area contributed by atoms with Gasteiger partial charge >= 0.3 is 5.97 Å². The first kappa shape index (κ1) is 17.7. The molecule has 0 aliphatic carbocycles. The summed E-state index contributed by atoms with van der Waals surface area (Å²) in [5, 5.41) is 9.62. The summed E-state index contributed by atoms with van der Waals surface area (Å²) in [7, 11) is 0. The summed E-state index contributed by atoms with van der Waals surface area (Å²) in [6, 6.07) is 2.04. The van der Waals surface area contributed by atoms with Gasteiger partial charge in [0.05, 0.1) is 12.6 Å². The van der Waals surface area contributed by atoms with Gasteiger partial charge in [-0.3, -0.25) is 0 Å². The lowest BCUT2D eigenvalue weighted by atomic mass is 9.98. The molecule has 0 aromatic heterocycles. The maximum absolute atomic E-state index is 13.8. The second-order valence-corrected chi connectivity index (χ2v) is 4.18. The summed E-state index contributed by atoms with van der Waals surface area (Å²) in [6.45, 7) is 5.09. The Labute approximate surface area is 118 Å². The minimum Gasteiger partial charge on any atom is -0.507 e. The number of carbonyl (C=O) groups excluding carboxylic acids is 1. The van der Waals surface area contributed by atoms with E-state index >= 15 is 0 Å². The topological polar surface area (TPSA) is 72.5 Å². The molecule has 1 aromatic carbocycles. The molecule has 0 saturated carbocycles. The number of nitrogens with two attached hydrogens (primary N) is 1. The molecule has 0 aliphatic rings. The highest BCUT2D eigenvalue weighted by atomic mass is 35.5. The molecule has 0 aliphatic heterocycles. The molecule has 3 N–H and O–H groups in total. The summed E-state index contributed by atoms with van der Waals surface area (Å²) < 4.78 is 18.4. The molecular weight excluding hydrogens is 273 g/mol. The number of aryl methyl sites for hydroxylation is 2. The number of ether oxygens (including phenoxy) is 1. The van der Waals surface area contributed by atoms with Crippen molar-refractivity contribution in [3.8, 4) is 5.75 Å². The Kier molecular flexibility index (Phi) is 6.79. The highest BCUT2D eigenvalue weighted by molar-refractivity contribution is 5.85. The number of esters is 1. The second-order valence-electron chi connectivity index (χ2n) is 4.18. The van der Waals surface area contributed by atoms with Crippen LogP contribution in [0.2, 0.25) is 0 Å². The molecule has 1 aromatic rings. The molecule has 1 unspecified atom stereocenters. The van der Waals surface area contributed by atoms with Gasteiger partial charge in [-0.2, -0.15) is 0 Å². The Hall–Kier alpha value is -1.33. The highest BCUT2D eigenvalue weighted by Gasteiger charge is 2.28. The predicted octanol–water partition coefficient (Wildman–Crippen LogP) is 2.33. The van der Waals surface area contributed by atoms with E-state index in [-0.39, 0.29) is 24.8 Å². The lowest BCUT2D eigenvalue weighted by Crippen LogP contribution is -2.31. The van der Waals surface area contributed by atoms with Gasteiger partial charge in [-0.25, -0.2) is 9.18 Å². The minimum absolute atomic E-state index is 0. The predicted molar refractivity (Wildman–Crippen MR) is 73.3 cm³/mol. The molecule has 1 rings (SSSR count). The monoisotopic (exact) mass is 291 g/mol. The van der Waals surface area contributed by atoms with Crippen molar-refractivity contribution in [2.45, 2.75) is 33.0 Å². The quantitative estimate of drug-likeness (QED) is 0.835. The van der Waals surface area contributed by atoms with E-state index in [4.69, 9.17) is 5.73 Å². The average molecular weight is 292 g/mol. The molecule has 0 amide bonds. The molecule has 0 saturated heterocycles. The van der Waals surface area contributed by atoms with E-state index in [1.54, 1.807) is 32.9 Å². The van der Waals surface area contributed by atoms with Crippen molar-refractivity contribution in [2.75, 3.05) is 6.61 Å². The van der Waals surface area contributed by atoms with Gasteiger partial charge in [-0.15, -0.1) is 12.4 Å². The maximum atomic E-state index is 13.8. The molecular formula is C13H19ClFNO3. The third-order valence-corrected chi connectivity index (χ3v) is 2.73. The normalized spacial score (nSPS) is 13.3. The number of alkyl halides is 1. The number of carbonyl (C=O) groups is 1. The SMILES string of the molecule is CCOC(=O)C(F)[C@@H](N)c1cc(C)c(O)c(C)c1.Cl. The fourth-order valence-corrected chi connectivity index (χ4v) is 1.72. The third kappa shape index (κ3) is 4.08. The van der Waals surface area contributed by atoms with Crippen molar-refractivity contribution in [3.63, 3.8) is 0 Å². The zero-order chi connectivity index (χ0) is 13.9. The van der Waals surface area contributed by atoms with Crippen LogP contribution in [0.4, 0.5) is 4.39 Å². The van der Waals surface area contributed by atoms with E-state index in [0.717, 1.165) is 0 Å². The number of phenolic OH excluding ortho intramolecular Hbond substituents is 1. The lowest BCUT2D eigenvalue weighted by molar-refractivity contribution is -0.149. The third-order valence-electron chi connectivity index (χ3n) is 2.73. The first-order chi connectivity index (χ1) is 8.38. The maximum Gasteiger partial charge on any atom is 0.342 e. The van der Waals surface area contributed by atoms with Gasteiger partial charge in [0.1, 0.15) is 5.75 Å². The van der Waals surface area contributed by atoms with Crippen LogP contribution in [0.25, 0.3) is 0 Å². The van der Waals surface area contributed by atoms with Gasteiger partial charge in [0.25, 0.3) is 0 Å². The Bertz CT molecular complexity index is 431. The van der Waals surface area contributed by atoms with Crippen molar-refractivity contribution < 1.29 is 19.0 Å². The van der Waals surface area contributed by atoms with Crippen LogP contribution in [0.3, 0.4) is 0 Å². The summed E-state index contributed by atoms with van der Waals surface area (Å²) >= 11 is 0. The second kappa shape index (κ2) is 7.31. The van der Waals surface area contributed by atoms with E-state index < -0.39 is 18.2 Å². The van der Waals surface area contributed by atoms with Crippen LogP contribution in [0.5, 0.6) is 5.75 Å². The van der Waals surface area contributed by atoms with Crippen LogP contribution in [0, 0.1) is 13.8 Å². The van der Waals surface area contributed by atoms with Gasteiger partial charge in [-0.1, -0.05) is 12.1 Å². The van der Waals surface area contributed by atoms with Crippen molar-refractivity contribution >= 4 is 18.4 Å². The number of aromatic hydroxyl groups is 1. The Morgan fingerprint density at radius 2 is 1.89 bits per heavy atom. The Morgan fingerprint density at radius 3 is 2.32 bits per heavy atom. The molecule has 0 fully saturated rings. The van der Waals surface area contributed by atoms with Crippen LogP contribution >= 0.6 is 12.4 Å². The van der Waals surface area contributed by atoms with Crippen molar-refractivity contribution in [3.05, 3.63) is 28.8 Å². The van der Waals surface area contributed by atoms with Crippen molar-refractivity contribution in [1.82, 2.24) is 0 Å². The van der Waals surface area contributed by atoms with Gasteiger partial charge in [0.2, 0.25) is 6.17 Å². The molecule has 0 spiro atoms. The molecule has 19 heavy (non-hydrogen) atoms. The molecule has 4 nitrogen and oxygen atoms in total. The van der Waals surface area contributed by atoms with Gasteiger partial charge in [-0.05, 0) is 37.5 Å². The van der Waals surface area contributed by atoms with Crippen LogP contribution in [-0.2, 0) is 9.53 Å². The Morgan fingerprint density at radius 1 is 1.42 bits per heavy atom. The van der Waals surface area contributed by atoms with E-state index in [9.17, 15) is 14.3 Å². The van der Waals surface area contributed by atoms with Crippen molar-refractivity contribution in [2.24, 2.45) is 5.73 Å². The number of rotatable bonds is 4. The largest absolute Gasteiger partial charge is 0.507 e. The van der Waals surface area contributed by atoms with E-state index in [1.165, 1.54) is 0 Å². The minimum atomic E-state index is -1.91.